The molecule has 0 bridgehead atoms. The van der Waals surface area contributed by atoms with Gasteiger partial charge in [0.15, 0.2) is 5.82 Å². The van der Waals surface area contributed by atoms with Crippen LogP contribution in [0.3, 0.4) is 0 Å². The van der Waals surface area contributed by atoms with Crippen molar-refractivity contribution < 1.29 is 0 Å². The fraction of sp³-hybridized carbons (Fsp3) is 0.0741. The second-order valence-electron chi connectivity index (χ2n) is 15.7. The zero-order valence-electron chi connectivity index (χ0n) is 31.4. The van der Waals surface area contributed by atoms with E-state index in [0.717, 1.165) is 33.5 Å². The predicted molar refractivity (Wildman–Crippen MR) is 231 cm³/mol. The Morgan fingerprint density at radius 2 is 0.911 bits per heavy atom. The van der Waals surface area contributed by atoms with E-state index in [1.165, 1.54) is 61.0 Å². The first kappa shape index (κ1) is 32.5. The molecular formula is C54H38N2. The molecule has 8 aromatic carbocycles. The molecule has 0 amide bonds. The molecule has 2 heteroatoms. The van der Waals surface area contributed by atoms with Crippen LogP contribution in [0, 0.1) is 0 Å². The molecule has 264 valence electrons. The smallest absolute Gasteiger partial charge is 0.160 e. The Hall–Kier alpha value is -6.90. The third-order valence-electron chi connectivity index (χ3n) is 12.4. The van der Waals surface area contributed by atoms with E-state index in [2.05, 4.69) is 208 Å². The van der Waals surface area contributed by atoms with Gasteiger partial charge in [-0.1, -0.05) is 190 Å². The summed E-state index contributed by atoms with van der Waals surface area (Å²) in [4.78, 5) is 10.6. The highest BCUT2D eigenvalue weighted by Gasteiger charge is 2.47. The molecule has 0 atom stereocenters. The van der Waals surface area contributed by atoms with Crippen molar-refractivity contribution in [2.75, 3.05) is 0 Å². The maximum Gasteiger partial charge on any atom is 0.160 e. The number of aromatic nitrogens is 2. The number of hydrogen-bond acceptors (Lipinski definition) is 2. The minimum Gasteiger partial charge on any atom is -0.228 e. The van der Waals surface area contributed by atoms with Gasteiger partial charge in [-0.3, -0.25) is 0 Å². The average molecular weight is 715 g/mol. The molecule has 2 aliphatic carbocycles. The van der Waals surface area contributed by atoms with Gasteiger partial charge in [0.1, 0.15) is 0 Å². The highest BCUT2D eigenvalue weighted by atomic mass is 14.9. The topological polar surface area (TPSA) is 25.8 Å². The Kier molecular flexibility index (Phi) is 7.15. The zero-order chi connectivity index (χ0) is 37.4. The van der Waals surface area contributed by atoms with Crippen LogP contribution in [-0.4, -0.2) is 9.97 Å². The fourth-order valence-corrected chi connectivity index (χ4v) is 9.76. The standard InChI is InChI=1S/C54H38N2/c1-53(2)46-24-14-12-22-42(46)44-30-27-37(33-48(44)53)50-34-49(35-16-6-3-7-17-35)55-52(56-50)38-28-29-41-36(32-38)26-31-45-43-23-13-15-25-47(43)54(51(41)45,39-18-8-4-9-19-39)40-20-10-5-11-21-40/h3-34H,1-2H3. The number of hydrogen-bond donors (Lipinski definition) is 0. The van der Waals surface area contributed by atoms with Crippen molar-refractivity contribution in [1.29, 1.82) is 0 Å². The summed E-state index contributed by atoms with van der Waals surface area (Å²) in [6, 6.07) is 70.7. The summed E-state index contributed by atoms with van der Waals surface area (Å²) >= 11 is 0. The number of fused-ring (bicyclic) bond motifs is 8. The van der Waals surface area contributed by atoms with E-state index in [0.29, 0.717) is 5.82 Å². The van der Waals surface area contributed by atoms with Gasteiger partial charge in [0.2, 0.25) is 0 Å². The van der Waals surface area contributed by atoms with Gasteiger partial charge in [0.05, 0.1) is 16.8 Å². The highest BCUT2D eigenvalue weighted by molar-refractivity contribution is 6.01. The molecule has 0 radical (unpaired) electrons. The molecule has 2 nitrogen and oxygen atoms in total. The summed E-state index contributed by atoms with van der Waals surface area (Å²) in [5.74, 6) is 0.715. The maximum atomic E-state index is 5.35. The maximum absolute atomic E-state index is 5.35. The summed E-state index contributed by atoms with van der Waals surface area (Å²) in [6.07, 6.45) is 0. The van der Waals surface area contributed by atoms with Crippen molar-refractivity contribution in [3.63, 3.8) is 0 Å². The van der Waals surface area contributed by atoms with Crippen LogP contribution in [0.5, 0.6) is 0 Å². The Morgan fingerprint density at radius 1 is 0.375 bits per heavy atom. The van der Waals surface area contributed by atoms with Gasteiger partial charge in [-0.15, -0.1) is 0 Å². The normalized spacial score (nSPS) is 14.2. The van der Waals surface area contributed by atoms with Crippen LogP contribution in [0.1, 0.15) is 47.2 Å². The second-order valence-corrected chi connectivity index (χ2v) is 15.7. The molecule has 0 unspecified atom stereocenters. The lowest BCUT2D eigenvalue weighted by Gasteiger charge is -2.34. The molecule has 1 aromatic heterocycles. The average Bonchev–Trinajstić information content (AvgIpc) is 3.70. The SMILES string of the molecule is CC1(C)c2ccccc2-c2ccc(-c3cc(-c4ccccc4)nc(-c4ccc5c6c(ccc5c4)-c4ccccc4C6(c4ccccc4)c4ccccc4)n3)cc21. The first-order valence-corrected chi connectivity index (χ1v) is 19.5. The molecule has 2 aliphatic rings. The lowest BCUT2D eigenvalue weighted by atomic mass is 9.66. The Balaban J connectivity index is 1.11. The third-order valence-corrected chi connectivity index (χ3v) is 12.4. The van der Waals surface area contributed by atoms with Gasteiger partial charge < -0.3 is 0 Å². The largest absolute Gasteiger partial charge is 0.228 e. The van der Waals surface area contributed by atoms with E-state index in [9.17, 15) is 0 Å². The van der Waals surface area contributed by atoms with E-state index in [1.54, 1.807) is 0 Å². The van der Waals surface area contributed by atoms with Gasteiger partial charge in [-0.25, -0.2) is 9.97 Å². The van der Waals surface area contributed by atoms with Gasteiger partial charge in [-0.2, -0.15) is 0 Å². The number of benzene rings is 8. The molecular weight excluding hydrogens is 677 g/mol. The summed E-state index contributed by atoms with van der Waals surface area (Å²) in [7, 11) is 0. The van der Waals surface area contributed by atoms with Crippen LogP contribution in [0.25, 0.3) is 66.9 Å². The van der Waals surface area contributed by atoms with Crippen LogP contribution in [0.2, 0.25) is 0 Å². The predicted octanol–water partition coefficient (Wildman–Crippen LogP) is 13.3. The van der Waals surface area contributed by atoms with E-state index in [1.807, 2.05) is 0 Å². The van der Waals surface area contributed by atoms with Gasteiger partial charge in [0, 0.05) is 22.1 Å². The molecule has 56 heavy (non-hydrogen) atoms. The van der Waals surface area contributed by atoms with Crippen molar-refractivity contribution >= 4 is 10.8 Å². The number of nitrogens with zero attached hydrogens (tertiary/aromatic N) is 2. The van der Waals surface area contributed by atoms with Gasteiger partial charge >= 0.3 is 0 Å². The molecule has 9 aromatic rings. The Labute approximate surface area is 327 Å². The van der Waals surface area contributed by atoms with Crippen molar-refractivity contribution in [3.8, 4) is 56.2 Å². The van der Waals surface area contributed by atoms with E-state index in [-0.39, 0.29) is 5.41 Å². The minimum absolute atomic E-state index is 0.104. The summed E-state index contributed by atoms with van der Waals surface area (Å²) < 4.78 is 0. The summed E-state index contributed by atoms with van der Waals surface area (Å²) in [5.41, 5.74) is 17.4. The van der Waals surface area contributed by atoms with Crippen LogP contribution in [-0.2, 0) is 10.8 Å². The molecule has 0 saturated carbocycles. The number of rotatable bonds is 5. The fourth-order valence-electron chi connectivity index (χ4n) is 9.76. The van der Waals surface area contributed by atoms with E-state index >= 15 is 0 Å². The highest BCUT2D eigenvalue weighted by Crippen LogP contribution is 2.58. The van der Waals surface area contributed by atoms with Crippen LogP contribution in [0.4, 0.5) is 0 Å². The van der Waals surface area contributed by atoms with Crippen LogP contribution in [0.15, 0.2) is 194 Å². The second kappa shape index (κ2) is 12.3. The monoisotopic (exact) mass is 714 g/mol. The molecule has 1 heterocycles. The molecule has 0 saturated heterocycles. The molecule has 11 rings (SSSR count). The summed E-state index contributed by atoms with van der Waals surface area (Å²) in [6.45, 7) is 4.66. The molecule has 0 fully saturated rings. The first-order valence-electron chi connectivity index (χ1n) is 19.5. The lowest BCUT2D eigenvalue weighted by Crippen LogP contribution is -2.28. The van der Waals surface area contributed by atoms with Crippen molar-refractivity contribution in [2.45, 2.75) is 24.7 Å². The van der Waals surface area contributed by atoms with E-state index in [4.69, 9.17) is 9.97 Å². The minimum atomic E-state index is -0.479. The van der Waals surface area contributed by atoms with Crippen LogP contribution >= 0.6 is 0 Å². The third kappa shape index (κ3) is 4.69. The molecule has 0 spiro atoms. The van der Waals surface area contributed by atoms with Gasteiger partial charge in [0.25, 0.3) is 0 Å². The zero-order valence-corrected chi connectivity index (χ0v) is 31.4. The molecule has 0 N–H and O–H groups in total. The molecule has 0 aliphatic heterocycles. The summed E-state index contributed by atoms with van der Waals surface area (Å²) in [5, 5.41) is 2.40. The van der Waals surface area contributed by atoms with Crippen molar-refractivity contribution in [1.82, 2.24) is 9.97 Å². The quantitative estimate of drug-likeness (QED) is 0.177. The van der Waals surface area contributed by atoms with Crippen LogP contribution < -0.4 is 0 Å². The lowest BCUT2D eigenvalue weighted by molar-refractivity contribution is 0.660. The Morgan fingerprint density at radius 3 is 1.61 bits per heavy atom. The Bertz CT molecular complexity index is 2940. The van der Waals surface area contributed by atoms with Crippen molar-refractivity contribution in [2.24, 2.45) is 0 Å². The van der Waals surface area contributed by atoms with Crippen molar-refractivity contribution in [3.05, 3.63) is 228 Å². The first-order chi connectivity index (χ1) is 27.5. The van der Waals surface area contributed by atoms with E-state index < -0.39 is 5.41 Å². The van der Waals surface area contributed by atoms with Gasteiger partial charge in [-0.05, 0) is 84.6 Å².